The normalized spacial score (nSPS) is 11.9. The number of nitrogens with zero attached hydrogens (tertiary/aromatic N) is 1. The summed E-state index contributed by atoms with van der Waals surface area (Å²) >= 11 is 1.80. The van der Waals surface area contributed by atoms with E-state index in [9.17, 15) is 0 Å². The molecule has 3 nitrogen and oxygen atoms in total. The largest absolute Gasteiger partial charge is 0.357 e. The average Bonchev–Trinajstić information content (AvgIpc) is 2.87. The van der Waals surface area contributed by atoms with Gasteiger partial charge >= 0.3 is 0 Å². The van der Waals surface area contributed by atoms with Crippen molar-refractivity contribution in [3.63, 3.8) is 0 Å². The molecule has 0 unspecified atom stereocenters. The van der Waals surface area contributed by atoms with Gasteiger partial charge in [-0.3, -0.25) is 4.99 Å². The summed E-state index contributed by atoms with van der Waals surface area (Å²) in [6, 6.07) is 4.29. The molecule has 0 aliphatic carbocycles. The van der Waals surface area contributed by atoms with Crippen LogP contribution in [-0.4, -0.2) is 25.6 Å². The van der Waals surface area contributed by atoms with E-state index in [1.165, 1.54) is 4.88 Å². The third-order valence-electron chi connectivity index (χ3n) is 2.71. The molecule has 0 spiro atoms. The zero-order valence-corrected chi connectivity index (χ0v) is 15.5. The van der Waals surface area contributed by atoms with Crippen LogP contribution in [-0.2, 0) is 5.41 Å². The molecule has 0 aliphatic heterocycles. The van der Waals surface area contributed by atoms with E-state index in [1.54, 1.807) is 11.3 Å². The molecule has 1 aromatic rings. The van der Waals surface area contributed by atoms with Crippen molar-refractivity contribution in [2.75, 3.05) is 19.6 Å². The first kappa shape index (κ1) is 18.7. The second-order valence-electron chi connectivity index (χ2n) is 4.98. The molecule has 0 saturated heterocycles. The molecular formula is C14H26IN3S. The Bertz CT molecular complexity index is 361. The first-order valence-corrected chi connectivity index (χ1v) is 7.54. The fourth-order valence-corrected chi connectivity index (χ4v) is 2.45. The molecule has 0 aliphatic rings. The molecule has 0 bridgehead atoms. The lowest BCUT2D eigenvalue weighted by molar-refractivity contribution is 0.548. The van der Waals surface area contributed by atoms with Crippen molar-refractivity contribution in [2.24, 2.45) is 4.99 Å². The minimum absolute atomic E-state index is 0. The van der Waals surface area contributed by atoms with Crippen LogP contribution in [0.2, 0.25) is 0 Å². The molecular weight excluding hydrogens is 369 g/mol. The van der Waals surface area contributed by atoms with Crippen LogP contribution in [0.15, 0.2) is 22.5 Å². The molecule has 2 N–H and O–H groups in total. The predicted molar refractivity (Wildman–Crippen MR) is 97.0 cm³/mol. The monoisotopic (exact) mass is 395 g/mol. The number of aliphatic imine (C=N–C) groups is 1. The van der Waals surface area contributed by atoms with E-state index < -0.39 is 0 Å². The molecule has 0 fully saturated rings. The van der Waals surface area contributed by atoms with Gasteiger partial charge in [0, 0.05) is 23.4 Å². The number of guanidine groups is 1. The second kappa shape index (κ2) is 9.58. The summed E-state index contributed by atoms with van der Waals surface area (Å²) < 4.78 is 0. The number of thiophene rings is 1. The minimum Gasteiger partial charge on any atom is -0.357 e. The number of hydrogen-bond donors (Lipinski definition) is 2. The Hall–Kier alpha value is -0.300. The van der Waals surface area contributed by atoms with Gasteiger partial charge in [-0.05, 0) is 24.8 Å². The average molecular weight is 395 g/mol. The van der Waals surface area contributed by atoms with Crippen molar-refractivity contribution >= 4 is 41.3 Å². The van der Waals surface area contributed by atoms with Gasteiger partial charge in [0.1, 0.15) is 0 Å². The number of hydrogen-bond acceptors (Lipinski definition) is 2. The number of rotatable bonds is 6. The lowest BCUT2D eigenvalue weighted by Crippen LogP contribution is -2.38. The minimum atomic E-state index is 0. The van der Waals surface area contributed by atoms with Gasteiger partial charge in [0.15, 0.2) is 5.96 Å². The lowest BCUT2D eigenvalue weighted by atomic mass is 9.92. The highest BCUT2D eigenvalue weighted by molar-refractivity contribution is 14.0. The van der Waals surface area contributed by atoms with Crippen LogP contribution in [0.1, 0.15) is 39.0 Å². The van der Waals surface area contributed by atoms with Gasteiger partial charge in [-0.2, -0.15) is 0 Å². The van der Waals surface area contributed by atoms with Crippen LogP contribution >= 0.6 is 35.3 Å². The molecule has 110 valence electrons. The molecule has 1 heterocycles. The van der Waals surface area contributed by atoms with Gasteiger partial charge in [-0.25, -0.2) is 0 Å². The van der Waals surface area contributed by atoms with Gasteiger partial charge < -0.3 is 10.6 Å². The summed E-state index contributed by atoms with van der Waals surface area (Å²) in [6.45, 7) is 11.4. The van der Waals surface area contributed by atoms with Crippen LogP contribution in [0.5, 0.6) is 0 Å². The second-order valence-corrected chi connectivity index (χ2v) is 5.93. The van der Waals surface area contributed by atoms with Crippen molar-refractivity contribution in [1.29, 1.82) is 0 Å². The predicted octanol–water partition coefficient (Wildman–Crippen LogP) is 3.61. The Balaban J connectivity index is 0.00000324. The molecule has 1 aromatic heterocycles. The molecule has 1 rings (SSSR count). The van der Waals surface area contributed by atoms with E-state index in [0.717, 1.165) is 32.0 Å². The summed E-state index contributed by atoms with van der Waals surface area (Å²) in [5.41, 5.74) is 0.0999. The van der Waals surface area contributed by atoms with Crippen molar-refractivity contribution in [2.45, 2.75) is 39.5 Å². The zero-order valence-electron chi connectivity index (χ0n) is 12.3. The Kier molecular flexibility index (Phi) is 9.43. The number of nitrogens with one attached hydrogen (secondary N) is 2. The summed E-state index contributed by atoms with van der Waals surface area (Å²) in [5.74, 6) is 0.920. The lowest BCUT2D eigenvalue weighted by Gasteiger charge is -2.21. The van der Waals surface area contributed by atoms with E-state index >= 15 is 0 Å². The molecule has 0 aromatic carbocycles. The summed E-state index contributed by atoms with van der Waals surface area (Å²) in [4.78, 5) is 6.07. The summed E-state index contributed by atoms with van der Waals surface area (Å²) in [7, 11) is 0. The molecule has 0 radical (unpaired) electrons. The summed E-state index contributed by atoms with van der Waals surface area (Å²) in [6.07, 6.45) is 1.11. The number of halogens is 1. The fraction of sp³-hybridized carbons (Fsp3) is 0.643. The van der Waals surface area contributed by atoms with Crippen LogP contribution in [0.4, 0.5) is 0 Å². The van der Waals surface area contributed by atoms with E-state index in [0.29, 0.717) is 0 Å². The quantitative estimate of drug-likeness (QED) is 0.439. The third-order valence-corrected chi connectivity index (χ3v) is 3.94. The Morgan fingerprint density at radius 2 is 2.05 bits per heavy atom. The van der Waals surface area contributed by atoms with Crippen molar-refractivity contribution < 1.29 is 0 Å². The van der Waals surface area contributed by atoms with Gasteiger partial charge in [-0.1, -0.05) is 26.8 Å². The fourth-order valence-electron chi connectivity index (χ4n) is 1.60. The van der Waals surface area contributed by atoms with Crippen molar-refractivity contribution in [1.82, 2.24) is 10.6 Å². The zero-order chi connectivity index (χ0) is 13.4. The molecule has 0 atom stereocenters. The van der Waals surface area contributed by atoms with E-state index in [1.807, 2.05) is 0 Å². The molecule has 5 heteroatoms. The van der Waals surface area contributed by atoms with Crippen molar-refractivity contribution in [3.05, 3.63) is 22.4 Å². The molecule has 0 saturated carbocycles. The van der Waals surface area contributed by atoms with Gasteiger partial charge in [0.25, 0.3) is 0 Å². The highest BCUT2D eigenvalue weighted by Gasteiger charge is 2.21. The Morgan fingerprint density at radius 1 is 1.32 bits per heavy atom. The SMILES string of the molecule is CCCNC(=NCC(C)(C)c1cccs1)NCC.I. The highest BCUT2D eigenvalue weighted by Crippen LogP contribution is 2.27. The van der Waals surface area contributed by atoms with E-state index in [2.05, 4.69) is 60.8 Å². The Labute approximate surface area is 138 Å². The maximum atomic E-state index is 4.68. The van der Waals surface area contributed by atoms with Crippen LogP contribution < -0.4 is 10.6 Å². The van der Waals surface area contributed by atoms with Gasteiger partial charge in [-0.15, -0.1) is 35.3 Å². The van der Waals surface area contributed by atoms with Crippen molar-refractivity contribution in [3.8, 4) is 0 Å². The standard InChI is InChI=1S/C14H25N3S.HI/c1-5-9-16-13(15-6-2)17-11-14(3,4)12-8-7-10-18-12;/h7-8,10H,5-6,9,11H2,1-4H3,(H2,15,16,17);1H. The molecule has 0 amide bonds. The van der Waals surface area contributed by atoms with Crippen LogP contribution in [0.3, 0.4) is 0 Å². The molecule has 19 heavy (non-hydrogen) atoms. The van der Waals surface area contributed by atoms with Gasteiger partial charge in [0.05, 0.1) is 6.54 Å². The van der Waals surface area contributed by atoms with E-state index in [-0.39, 0.29) is 29.4 Å². The van der Waals surface area contributed by atoms with Crippen LogP contribution in [0, 0.1) is 0 Å². The first-order valence-electron chi connectivity index (χ1n) is 6.66. The maximum absolute atomic E-state index is 4.68. The van der Waals surface area contributed by atoms with E-state index in [4.69, 9.17) is 0 Å². The maximum Gasteiger partial charge on any atom is 0.191 e. The third kappa shape index (κ3) is 6.61. The Morgan fingerprint density at radius 3 is 2.58 bits per heavy atom. The first-order chi connectivity index (χ1) is 8.60. The topological polar surface area (TPSA) is 36.4 Å². The highest BCUT2D eigenvalue weighted by atomic mass is 127. The summed E-state index contributed by atoms with van der Waals surface area (Å²) in [5, 5.41) is 8.73. The van der Waals surface area contributed by atoms with Gasteiger partial charge in [0.2, 0.25) is 0 Å². The van der Waals surface area contributed by atoms with Crippen LogP contribution in [0.25, 0.3) is 0 Å². The smallest absolute Gasteiger partial charge is 0.191 e.